The van der Waals surface area contributed by atoms with Crippen molar-refractivity contribution < 1.29 is 24.1 Å². The van der Waals surface area contributed by atoms with E-state index in [1.54, 1.807) is 0 Å². The minimum Gasteiger partial charge on any atom is -0.0582 e. The van der Waals surface area contributed by atoms with Crippen LogP contribution in [0.2, 0.25) is 0 Å². The molecule has 53 heavy (non-hydrogen) atoms. The van der Waals surface area contributed by atoms with Crippen LogP contribution in [0.1, 0.15) is 69.4 Å². The van der Waals surface area contributed by atoms with Crippen molar-refractivity contribution in [2.75, 3.05) is 4.90 Å². The third-order valence-electron chi connectivity index (χ3n) is 12.7. The van der Waals surface area contributed by atoms with Crippen molar-refractivity contribution in [2.45, 2.75) is 65.7 Å². The second-order valence-corrected chi connectivity index (χ2v) is 17.2. The Balaban J connectivity index is 1.16. The molecule has 7 aromatic rings. The van der Waals surface area contributed by atoms with E-state index in [0.717, 1.165) is 55.6 Å². The van der Waals surface area contributed by atoms with Crippen LogP contribution in [0.4, 0.5) is 17.2 Å². The Kier molecular flexibility index (Phi) is 7.67. The van der Waals surface area contributed by atoms with Crippen molar-refractivity contribution in [3.63, 3.8) is 0 Å². The molecule has 268 valence electrons. The monoisotopic (exact) mass is 875 g/mol. The minimum atomic E-state index is -0.0792. The average molecular weight is 876 g/mol. The van der Waals surface area contributed by atoms with Crippen molar-refractivity contribution in [2.24, 2.45) is 5.41 Å². The number of fused-ring (bicyclic) bond motifs is 5. The molecule has 1 aliphatic carbocycles. The van der Waals surface area contributed by atoms with Crippen LogP contribution in [0, 0.1) is 16.1 Å². The quantitative estimate of drug-likeness (QED) is 0.173. The Hall–Kier alpha value is -4.99. The SMILES string of the molecule is Cc1ccnc(N2c3cc(Oc4cccc(-n5[c](=[Pt])n(-c6ccccc6)c6ccccc65)c4)ccc3Cc3ccc4c(c32)C(C)(C)C(C)(C)C4(C)C)c1. The molecule has 1 aliphatic heterocycles. The van der Waals surface area contributed by atoms with Crippen LogP contribution < -0.4 is 9.64 Å². The first-order valence-electron chi connectivity index (χ1n) is 18.4. The van der Waals surface area contributed by atoms with Crippen LogP contribution in [0.3, 0.4) is 0 Å². The molecular formula is C47H44N4OPt. The van der Waals surface area contributed by atoms with Gasteiger partial charge in [0.2, 0.25) is 0 Å². The molecular weight excluding hydrogens is 832 g/mol. The molecule has 0 unspecified atom stereocenters. The van der Waals surface area contributed by atoms with E-state index in [2.05, 4.69) is 197 Å². The molecule has 0 atom stereocenters. The van der Waals surface area contributed by atoms with Gasteiger partial charge in [0.25, 0.3) is 0 Å². The van der Waals surface area contributed by atoms with Gasteiger partial charge < -0.3 is 0 Å². The van der Waals surface area contributed by atoms with Crippen molar-refractivity contribution in [3.05, 3.63) is 159 Å². The molecule has 0 fully saturated rings. The number of hydrogen-bond acceptors (Lipinski definition) is 3. The number of imidazole rings is 1. The third kappa shape index (κ3) is 5.00. The number of pyridine rings is 1. The molecule has 5 nitrogen and oxygen atoms in total. The van der Waals surface area contributed by atoms with Gasteiger partial charge in [-0.25, -0.2) is 0 Å². The smallest absolute Gasteiger partial charge is 0.0582 e. The van der Waals surface area contributed by atoms with E-state index < -0.39 is 0 Å². The summed E-state index contributed by atoms with van der Waals surface area (Å²) in [5.74, 6) is 2.50. The van der Waals surface area contributed by atoms with E-state index in [4.69, 9.17) is 9.72 Å². The Morgan fingerprint density at radius 1 is 0.642 bits per heavy atom. The summed E-state index contributed by atoms with van der Waals surface area (Å²) < 4.78 is 12.5. The topological polar surface area (TPSA) is 35.2 Å². The number of ether oxygens (including phenoxy) is 1. The summed E-state index contributed by atoms with van der Waals surface area (Å²) in [7, 11) is 0. The van der Waals surface area contributed by atoms with Gasteiger partial charge in [-0.1, -0.05) is 53.7 Å². The van der Waals surface area contributed by atoms with Crippen LogP contribution >= 0.6 is 0 Å². The molecule has 5 aromatic carbocycles. The van der Waals surface area contributed by atoms with Gasteiger partial charge in [0.1, 0.15) is 0 Å². The van der Waals surface area contributed by atoms with Gasteiger partial charge in [0.05, 0.1) is 0 Å². The predicted octanol–water partition coefficient (Wildman–Crippen LogP) is 12.0. The Morgan fingerprint density at radius 3 is 2.04 bits per heavy atom. The summed E-state index contributed by atoms with van der Waals surface area (Å²) in [5.41, 5.74) is 13.4. The number of nitrogens with zero attached hydrogens (tertiary/aromatic N) is 4. The van der Waals surface area contributed by atoms with Crippen molar-refractivity contribution in [3.8, 4) is 22.9 Å². The van der Waals surface area contributed by atoms with Crippen LogP contribution in [-0.2, 0) is 36.6 Å². The number of rotatable bonds is 5. The number of aromatic nitrogens is 3. The molecule has 3 heterocycles. The van der Waals surface area contributed by atoms with Gasteiger partial charge in [-0.15, -0.1) is 0 Å². The fourth-order valence-corrected chi connectivity index (χ4v) is 9.92. The zero-order valence-corrected chi connectivity index (χ0v) is 33.6. The second-order valence-electron chi connectivity index (χ2n) is 16.2. The minimum absolute atomic E-state index is 0.00785. The Morgan fingerprint density at radius 2 is 1.30 bits per heavy atom. The zero-order valence-electron chi connectivity index (χ0n) is 31.3. The molecule has 0 bridgehead atoms. The van der Waals surface area contributed by atoms with Gasteiger partial charge >= 0.3 is 224 Å². The molecule has 9 rings (SSSR count). The molecule has 0 radical (unpaired) electrons. The molecule has 2 aliphatic rings. The van der Waals surface area contributed by atoms with E-state index in [1.807, 2.05) is 12.3 Å². The van der Waals surface area contributed by atoms with Crippen LogP contribution in [0.5, 0.6) is 11.5 Å². The maximum atomic E-state index is 6.78. The van der Waals surface area contributed by atoms with Crippen molar-refractivity contribution in [1.29, 1.82) is 0 Å². The van der Waals surface area contributed by atoms with Crippen LogP contribution in [0.25, 0.3) is 22.4 Å². The van der Waals surface area contributed by atoms with E-state index >= 15 is 0 Å². The van der Waals surface area contributed by atoms with Crippen molar-refractivity contribution in [1.82, 2.24) is 14.1 Å². The molecule has 0 saturated carbocycles. The van der Waals surface area contributed by atoms with E-state index in [1.165, 1.54) is 33.5 Å². The predicted molar refractivity (Wildman–Crippen MR) is 212 cm³/mol. The van der Waals surface area contributed by atoms with E-state index in [9.17, 15) is 0 Å². The maximum absolute atomic E-state index is 6.78. The van der Waals surface area contributed by atoms with Gasteiger partial charge in [0, 0.05) is 6.20 Å². The summed E-state index contributed by atoms with van der Waals surface area (Å²) in [6.45, 7) is 16.7. The second kappa shape index (κ2) is 12.0. The molecule has 2 aromatic heterocycles. The van der Waals surface area contributed by atoms with Crippen molar-refractivity contribution >= 4 is 28.2 Å². The fourth-order valence-electron chi connectivity index (χ4n) is 8.79. The molecule has 0 spiro atoms. The average Bonchev–Trinajstić information content (AvgIpc) is 3.49. The zero-order chi connectivity index (χ0) is 36.9. The molecule has 6 heteroatoms. The van der Waals surface area contributed by atoms with Gasteiger partial charge in [-0.2, -0.15) is 0 Å². The van der Waals surface area contributed by atoms with Gasteiger partial charge in [-0.3, -0.25) is 0 Å². The number of aryl methyl sites for hydroxylation is 1. The first-order valence-corrected chi connectivity index (χ1v) is 19.6. The summed E-state index contributed by atoms with van der Waals surface area (Å²) in [5, 5.41) is 0. The third-order valence-corrected chi connectivity index (χ3v) is 13.8. The Bertz CT molecular complexity index is 2650. The summed E-state index contributed by atoms with van der Waals surface area (Å²) in [4.78, 5) is 7.42. The number of anilines is 3. The summed E-state index contributed by atoms with van der Waals surface area (Å²) in [6, 6.07) is 43.1. The number of benzene rings is 5. The number of hydrogen-bond donors (Lipinski definition) is 0. The number of para-hydroxylation sites is 3. The van der Waals surface area contributed by atoms with Gasteiger partial charge in [-0.05, 0) is 40.4 Å². The van der Waals surface area contributed by atoms with Gasteiger partial charge in [0.15, 0.2) is 0 Å². The Labute approximate surface area is 322 Å². The molecule has 0 N–H and O–H groups in total. The summed E-state index contributed by atoms with van der Waals surface area (Å²) >= 11 is 2.44. The van der Waals surface area contributed by atoms with E-state index in [-0.39, 0.29) is 16.2 Å². The standard InChI is InChI=1S/C47H44N4O.Pt/c1-31-24-25-48-42(26-31)51-41-29-37(22-20-32(41)27-33-21-23-38-43(44(33)51)46(4,5)47(6,7)45(38,2)3)52-36-17-13-16-35(28-36)50-30-49(34-14-9-8-10-15-34)39-18-11-12-19-40(39)50;/h8-26,28-29H,27H2,1-7H3;. The summed E-state index contributed by atoms with van der Waals surface area (Å²) in [6.07, 6.45) is 2.79. The first-order chi connectivity index (χ1) is 25.4. The normalized spacial score (nSPS) is 16.3. The molecule has 0 saturated heterocycles. The first kappa shape index (κ1) is 33.8. The van der Waals surface area contributed by atoms with Crippen LogP contribution in [0.15, 0.2) is 128 Å². The van der Waals surface area contributed by atoms with Crippen LogP contribution in [-0.4, -0.2) is 14.1 Å². The molecule has 0 amide bonds. The fraction of sp³-hybridized carbons (Fsp3) is 0.234. The van der Waals surface area contributed by atoms with E-state index in [0.29, 0.717) is 0 Å².